The third-order valence-corrected chi connectivity index (χ3v) is 3.22. The normalized spacial score (nSPS) is 14.3. The number of benzene rings is 1. The van der Waals surface area contributed by atoms with Crippen LogP contribution in [0.1, 0.15) is 11.3 Å². The first kappa shape index (κ1) is 14.4. The highest BCUT2D eigenvalue weighted by molar-refractivity contribution is 6.35. The molecule has 23 heavy (non-hydrogen) atoms. The molecule has 1 aliphatic heterocycles. The Kier molecular flexibility index (Phi) is 3.55. The van der Waals surface area contributed by atoms with Gasteiger partial charge in [-0.2, -0.15) is 0 Å². The van der Waals surface area contributed by atoms with Gasteiger partial charge in [-0.05, 0) is 36.4 Å². The maximum atomic E-state index is 12.1. The molecule has 116 valence electrons. The van der Waals surface area contributed by atoms with Gasteiger partial charge in [0.15, 0.2) is 0 Å². The van der Waals surface area contributed by atoms with Gasteiger partial charge in [0.05, 0.1) is 5.57 Å². The molecule has 0 saturated heterocycles. The predicted octanol–water partition coefficient (Wildman–Crippen LogP) is 1.71. The van der Waals surface area contributed by atoms with Gasteiger partial charge >= 0.3 is 12.1 Å². The second-order valence-electron chi connectivity index (χ2n) is 4.84. The molecule has 1 aromatic carbocycles. The van der Waals surface area contributed by atoms with Crippen LogP contribution in [0.25, 0.3) is 11.6 Å². The summed E-state index contributed by atoms with van der Waals surface area (Å²) in [5, 5.41) is 7.12. The molecule has 0 bridgehead atoms. The van der Waals surface area contributed by atoms with E-state index < -0.39 is 12.1 Å². The first-order valence-corrected chi connectivity index (χ1v) is 6.71. The molecule has 8 heteroatoms. The van der Waals surface area contributed by atoms with Gasteiger partial charge in [-0.25, -0.2) is 9.59 Å². The summed E-state index contributed by atoms with van der Waals surface area (Å²) in [7, 11) is 0. The molecule has 3 rings (SSSR count). The molecular formula is C15H13N5O3. The molecule has 0 spiro atoms. The van der Waals surface area contributed by atoms with E-state index in [9.17, 15) is 14.4 Å². The Morgan fingerprint density at radius 2 is 2.04 bits per heavy atom. The molecule has 8 nitrogen and oxygen atoms in total. The van der Waals surface area contributed by atoms with E-state index >= 15 is 0 Å². The van der Waals surface area contributed by atoms with Gasteiger partial charge in [-0.15, -0.1) is 0 Å². The minimum absolute atomic E-state index is 0.228. The Bertz CT molecular complexity index is 824. The smallest absolute Gasteiger partial charge is 0.327 e. The van der Waals surface area contributed by atoms with Crippen LogP contribution in [0.15, 0.2) is 36.5 Å². The number of H-pyrrole nitrogens is 1. The number of nitrogens with two attached hydrogens (primary N) is 1. The minimum Gasteiger partial charge on any atom is -0.362 e. The molecule has 1 aliphatic rings. The average molecular weight is 311 g/mol. The Hall–Kier alpha value is -3.55. The number of aromatic nitrogens is 1. The summed E-state index contributed by atoms with van der Waals surface area (Å²) in [6, 6.07) is 6.88. The molecule has 0 saturated carbocycles. The number of carbonyl (C=O) groups is 3. The number of rotatable bonds is 2. The average Bonchev–Trinajstić information content (AvgIpc) is 3.08. The Labute approximate surface area is 130 Å². The molecule has 1 aromatic heterocycles. The molecule has 0 radical (unpaired) electrons. The summed E-state index contributed by atoms with van der Waals surface area (Å²) in [5.41, 5.74) is 7.86. The number of aromatic amines is 1. The molecule has 6 N–H and O–H groups in total. The van der Waals surface area contributed by atoms with Crippen LogP contribution in [0.4, 0.5) is 21.0 Å². The van der Waals surface area contributed by atoms with Crippen molar-refractivity contribution in [1.29, 1.82) is 0 Å². The van der Waals surface area contributed by atoms with Crippen molar-refractivity contribution >= 4 is 41.0 Å². The maximum absolute atomic E-state index is 12.1. The molecule has 2 heterocycles. The maximum Gasteiger partial charge on any atom is 0.327 e. The lowest BCUT2D eigenvalue weighted by Gasteiger charge is -2.07. The molecule has 5 amide bonds. The van der Waals surface area contributed by atoms with Crippen molar-refractivity contribution in [3.8, 4) is 0 Å². The van der Waals surface area contributed by atoms with Gasteiger partial charge in [-0.3, -0.25) is 10.1 Å². The van der Waals surface area contributed by atoms with Gasteiger partial charge in [-0.1, -0.05) is 0 Å². The number of imide groups is 1. The van der Waals surface area contributed by atoms with Crippen LogP contribution in [0.2, 0.25) is 0 Å². The zero-order chi connectivity index (χ0) is 16.4. The first-order valence-electron chi connectivity index (χ1n) is 6.71. The van der Waals surface area contributed by atoms with E-state index in [1.807, 2.05) is 17.4 Å². The summed E-state index contributed by atoms with van der Waals surface area (Å²) < 4.78 is 0. The van der Waals surface area contributed by atoms with Gasteiger partial charge in [0.25, 0.3) is 5.91 Å². The van der Waals surface area contributed by atoms with Crippen LogP contribution >= 0.6 is 0 Å². The highest BCUT2D eigenvalue weighted by Gasteiger charge is 2.24. The summed E-state index contributed by atoms with van der Waals surface area (Å²) >= 11 is 0. The Morgan fingerprint density at radius 1 is 1.22 bits per heavy atom. The van der Waals surface area contributed by atoms with Gasteiger partial charge in [0.2, 0.25) is 0 Å². The summed E-state index contributed by atoms with van der Waals surface area (Å²) in [5.74, 6) is -0.228. The number of anilines is 2. The quantitative estimate of drug-likeness (QED) is 0.541. The van der Waals surface area contributed by atoms with Gasteiger partial charge < -0.3 is 21.4 Å². The fourth-order valence-corrected chi connectivity index (χ4v) is 2.27. The van der Waals surface area contributed by atoms with E-state index in [0.717, 1.165) is 5.69 Å². The molecule has 0 fully saturated rings. The van der Waals surface area contributed by atoms with Crippen molar-refractivity contribution in [3.05, 3.63) is 47.8 Å². The third-order valence-electron chi connectivity index (χ3n) is 3.22. The summed E-state index contributed by atoms with van der Waals surface area (Å²) in [6.45, 7) is 0. The Morgan fingerprint density at radius 3 is 2.74 bits per heavy atom. The van der Waals surface area contributed by atoms with E-state index in [-0.39, 0.29) is 5.91 Å². The number of carbonyl (C=O) groups excluding carboxylic acids is 3. The van der Waals surface area contributed by atoms with Gasteiger partial charge in [0, 0.05) is 28.8 Å². The van der Waals surface area contributed by atoms with Crippen LogP contribution in [0, 0.1) is 0 Å². The number of primary amides is 1. The van der Waals surface area contributed by atoms with Crippen molar-refractivity contribution < 1.29 is 14.4 Å². The van der Waals surface area contributed by atoms with Crippen molar-refractivity contribution in [1.82, 2.24) is 10.3 Å². The lowest BCUT2D eigenvalue weighted by Crippen LogP contribution is -2.38. The third kappa shape index (κ3) is 3.05. The van der Waals surface area contributed by atoms with E-state index in [0.29, 0.717) is 22.5 Å². The zero-order valence-corrected chi connectivity index (χ0v) is 11.8. The standard InChI is InChI=1S/C15H13N5O3/c16-14(22)20-15(23)18-9-3-4-12-10(7-9)11(13(21)19-12)6-8-2-1-5-17-8/h1-7,17H,(H,19,21)(H4,16,18,20,22,23). The molecule has 0 atom stereocenters. The largest absolute Gasteiger partial charge is 0.362 e. The highest BCUT2D eigenvalue weighted by Crippen LogP contribution is 2.34. The number of fused-ring (bicyclic) bond motifs is 1. The Balaban J connectivity index is 1.90. The van der Waals surface area contributed by atoms with E-state index in [4.69, 9.17) is 5.73 Å². The van der Waals surface area contributed by atoms with Gasteiger partial charge in [0.1, 0.15) is 0 Å². The number of amides is 5. The lowest BCUT2D eigenvalue weighted by molar-refractivity contribution is -0.110. The number of hydrogen-bond donors (Lipinski definition) is 5. The van der Waals surface area contributed by atoms with Crippen LogP contribution in [-0.2, 0) is 4.79 Å². The van der Waals surface area contributed by atoms with Crippen molar-refractivity contribution in [2.45, 2.75) is 0 Å². The fourth-order valence-electron chi connectivity index (χ4n) is 2.27. The first-order chi connectivity index (χ1) is 11.0. The van der Waals surface area contributed by atoms with Crippen molar-refractivity contribution in [2.75, 3.05) is 10.6 Å². The van der Waals surface area contributed by atoms with Crippen LogP contribution in [-0.4, -0.2) is 23.0 Å². The zero-order valence-electron chi connectivity index (χ0n) is 11.8. The highest BCUT2D eigenvalue weighted by atomic mass is 16.2. The van der Waals surface area contributed by atoms with Crippen LogP contribution < -0.4 is 21.7 Å². The minimum atomic E-state index is -0.951. The molecule has 0 aliphatic carbocycles. The molecular weight excluding hydrogens is 298 g/mol. The number of nitrogens with one attached hydrogen (secondary N) is 4. The number of hydrogen-bond acceptors (Lipinski definition) is 3. The van der Waals surface area contributed by atoms with Crippen LogP contribution in [0.5, 0.6) is 0 Å². The predicted molar refractivity (Wildman–Crippen MR) is 85.5 cm³/mol. The second-order valence-corrected chi connectivity index (χ2v) is 4.84. The van der Waals surface area contributed by atoms with Crippen molar-refractivity contribution in [3.63, 3.8) is 0 Å². The van der Waals surface area contributed by atoms with E-state index in [1.165, 1.54) is 0 Å². The number of urea groups is 2. The van der Waals surface area contributed by atoms with E-state index in [1.54, 1.807) is 30.5 Å². The molecule has 2 aromatic rings. The van der Waals surface area contributed by atoms with Crippen LogP contribution in [0.3, 0.4) is 0 Å². The fraction of sp³-hybridized carbons (Fsp3) is 0. The van der Waals surface area contributed by atoms with E-state index in [2.05, 4.69) is 15.6 Å². The second kappa shape index (κ2) is 5.68. The lowest BCUT2D eigenvalue weighted by atomic mass is 10.1. The summed E-state index contributed by atoms with van der Waals surface area (Å²) in [6.07, 6.45) is 3.47. The van der Waals surface area contributed by atoms with Crippen molar-refractivity contribution in [2.24, 2.45) is 5.73 Å². The topological polar surface area (TPSA) is 129 Å². The molecule has 0 unspecified atom stereocenters. The summed E-state index contributed by atoms with van der Waals surface area (Å²) in [4.78, 5) is 37.2. The SMILES string of the molecule is NC(=O)NC(=O)Nc1ccc2c(c1)C(=Cc1ccc[nH]1)C(=O)N2. The monoisotopic (exact) mass is 311 g/mol.